The maximum absolute atomic E-state index is 12.5. The first kappa shape index (κ1) is 12.9. The molecule has 1 aromatic carbocycles. The van der Waals surface area contributed by atoms with Gasteiger partial charge in [-0.2, -0.15) is 0 Å². The fraction of sp³-hybridized carbons (Fsp3) is 0.200. The summed E-state index contributed by atoms with van der Waals surface area (Å²) in [7, 11) is 0. The zero-order valence-corrected chi connectivity index (χ0v) is 11.8. The topological polar surface area (TPSA) is 49.4 Å². The predicted octanol–water partition coefficient (Wildman–Crippen LogP) is 2.73. The molecular formula is C15H14N2O2S. The summed E-state index contributed by atoms with van der Waals surface area (Å²) in [5.74, 6) is -0.251. The maximum Gasteiger partial charge on any atom is 0.264 e. The quantitative estimate of drug-likeness (QED) is 0.876. The van der Waals surface area contributed by atoms with Crippen molar-refractivity contribution in [2.75, 3.05) is 5.32 Å². The van der Waals surface area contributed by atoms with E-state index in [1.807, 2.05) is 35.7 Å². The van der Waals surface area contributed by atoms with Gasteiger partial charge in [-0.05, 0) is 30.0 Å². The molecule has 0 fully saturated rings. The van der Waals surface area contributed by atoms with Gasteiger partial charge >= 0.3 is 0 Å². The minimum Gasteiger partial charge on any atom is -0.324 e. The molecule has 20 heavy (non-hydrogen) atoms. The molecule has 1 N–H and O–H groups in total. The maximum atomic E-state index is 12.5. The molecule has 4 nitrogen and oxygen atoms in total. The van der Waals surface area contributed by atoms with Gasteiger partial charge in [-0.1, -0.05) is 24.3 Å². The molecule has 2 amide bonds. The van der Waals surface area contributed by atoms with Gasteiger partial charge in [0.2, 0.25) is 5.91 Å². The number of rotatable bonds is 1. The average Bonchev–Trinajstić information content (AvgIpc) is 2.95. The van der Waals surface area contributed by atoms with Gasteiger partial charge in [-0.25, -0.2) is 0 Å². The Labute approximate surface area is 121 Å². The second-order valence-electron chi connectivity index (χ2n) is 4.73. The lowest BCUT2D eigenvalue weighted by Gasteiger charge is -2.25. The number of hydrogen-bond acceptors (Lipinski definition) is 3. The lowest BCUT2D eigenvalue weighted by molar-refractivity contribution is -0.119. The van der Waals surface area contributed by atoms with Crippen LogP contribution in [0.4, 0.5) is 5.69 Å². The number of hydrogen-bond donors (Lipinski definition) is 1. The molecule has 1 unspecified atom stereocenters. The molecule has 0 saturated carbocycles. The van der Waals surface area contributed by atoms with Crippen LogP contribution in [0.15, 0.2) is 41.8 Å². The van der Waals surface area contributed by atoms with E-state index in [9.17, 15) is 9.59 Å². The van der Waals surface area contributed by atoms with E-state index in [-0.39, 0.29) is 11.8 Å². The summed E-state index contributed by atoms with van der Waals surface area (Å²) in [6, 6.07) is 10.7. The number of carbonyl (C=O) groups is 2. The summed E-state index contributed by atoms with van der Waals surface area (Å²) in [5, 5.41) is 4.74. The van der Waals surface area contributed by atoms with Crippen LogP contribution in [0.25, 0.3) is 0 Å². The number of thiophene rings is 1. The van der Waals surface area contributed by atoms with Crippen molar-refractivity contribution in [2.45, 2.75) is 19.5 Å². The minimum atomic E-state index is -0.489. The number of para-hydroxylation sites is 1. The monoisotopic (exact) mass is 286 g/mol. The van der Waals surface area contributed by atoms with Crippen LogP contribution in [0.2, 0.25) is 0 Å². The molecule has 1 aliphatic rings. The summed E-state index contributed by atoms with van der Waals surface area (Å²) in [5.41, 5.74) is 1.74. The number of benzene rings is 1. The van der Waals surface area contributed by atoms with Gasteiger partial charge in [-0.3, -0.25) is 9.59 Å². The Morgan fingerprint density at radius 2 is 2.10 bits per heavy atom. The van der Waals surface area contributed by atoms with Crippen LogP contribution in [0.1, 0.15) is 22.2 Å². The minimum absolute atomic E-state index is 0.0978. The summed E-state index contributed by atoms with van der Waals surface area (Å²) >= 11 is 1.39. The van der Waals surface area contributed by atoms with Crippen LogP contribution < -0.4 is 5.32 Å². The van der Waals surface area contributed by atoms with Crippen molar-refractivity contribution >= 4 is 28.8 Å². The van der Waals surface area contributed by atoms with E-state index < -0.39 is 6.04 Å². The Hall–Kier alpha value is -2.14. The van der Waals surface area contributed by atoms with Crippen molar-refractivity contribution in [3.8, 4) is 0 Å². The fourth-order valence-corrected chi connectivity index (χ4v) is 2.95. The molecule has 5 heteroatoms. The smallest absolute Gasteiger partial charge is 0.264 e. The first-order valence-corrected chi connectivity index (χ1v) is 7.28. The van der Waals surface area contributed by atoms with Crippen molar-refractivity contribution < 1.29 is 9.59 Å². The van der Waals surface area contributed by atoms with Crippen LogP contribution in [-0.4, -0.2) is 22.8 Å². The van der Waals surface area contributed by atoms with Crippen LogP contribution in [0, 0.1) is 0 Å². The van der Waals surface area contributed by atoms with Gasteiger partial charge in [0.15, 0.2) is 0 Å². The molecule has 2 heterocycles. The molecule has 2 aromatic rings. The number of amides is 2. The molecule has 102 valence electrons. The van der Waals surface area contributed by atoms with Crippen molar-refractivity contribution in [3.05, 3.63) is 52.2 Å². The van der Waals surface area contributed by atoms with Gasteiger partial charge in [0, 0.05) is 12.2 Å². The van der Waals surface area contributed by atoms with Crippen molar-refractivity contribution in [1.29, 1.82) is 0 Å². The molecule has 0 radical (unpaired) electrons. The van der Waals surface area contributed by atoms with Crippen molar-refractivity contribution in [3.63, 3.8) is 0 Å². The second-order valence-corrected chi connectivity index (χ2v) is 5.68. The number of nitrogens with one attached hydrogen (secondary N) is 1. The Morgan fingerprint density at radius 3 is 2.85 bits per heavy atom. The molecule has 0 saturated heterocycles. The van der Waals surface area contributed by atoms with Crippen molar-refractivity contribution in [1.82, 2.24) is 4.90 Å². The Kier molecular flexibility index (Phi) is 3.28. The highest BCUT2D eigenvalue weighted by Gasteiger charge is 2.30. The molecule has 0 bridgehead atoms. The molecule has 1 aliphatic heterocycles. The van der Waals surface area contributed by atoms with Crippen LogP contribution >= 0.6 is 11.3 Å². The highest BCUT2D eigenvalue weighted by Crippen LogP contribution is 2.25. The van der Waals surface area contributed by atoms with Crippen LogP contribution in [-0.2, 0) is 11.3 Å². The highest BCUT2D eigenvalue weighted by atomic mass is 32.1. The first-order chi connectivity index (χ1) is 9.66. The lowest BCUT2D eigenvalue weighted by atomic mass is 10.1. The van der Waals surface area contributed by atoms with E-state index in [2.05, 4.69) is 5.32 Å². The van der Waals surface area contributed by atoms with E-state index in [0.717, 1.165) is 11.3 Å². The van der Waals surface area contributed by atoms with Gasteiger partial charge in [-0.15, -0.1) is 11.3 Å². The molecule has 3 rings (SSSR count). The van der Waals surface area contributed by atoms with Gasteiger partial charge < -0.3 is 10.2 Å². The molecule has 1 aromatic heterocycles. The predicted molar refractivity (Wildman–Crippen MR) is 78.7 cm³/mol. The number of anilines is 1. The Morgan fingerprint density at radius 1 is 1.30 bits per heavy atom. The number of fused-ring (bicyclic) bond motifs is 1. The van der Waals surface area contributed by atoms with Crippen LogP contribution in [0.3, 0.4) is 0 Å². The van der Waals surface area contributed by atoms with E-state index in [0.29, 0.717) is 11.4 Å². The molecular weight excluding hydrogens is 272 g/mol. The lowest BCUT2D eigenvalue weighted by Crippen LogP contribution is -2.43. The summed E-state index contributed by atoms with van der Waals surface area (Å²) in [4.78, 5) is 27.0. The zero-order chi connectivity index (χ0) is 14.1. The van der Waals surface area contributed by atoms with Gasteiger partial charge in [0.25, 0.3) is 5.91 Å². The van der Waals surface area contributed by atoms with Crippen LogP contribution in [0.5, 0.6) is 0 Å². The van der Waals surface area contributed by atoms with E-state index in [4.69, 9.17) is 0 Å². The summed E-state index contributed by atoms with van der Waals surface area (Å²) in [6.45, 7) is 2.19. The summed E-state index contributed by atoms with van der Waals surface area (Å²) < 4.78 is 0. The van der Waals surface area contributed by atoms with Crippen molar-refractivity contribution in [2.24, 2.45) is 0 Å². The van der Waals surface area contributed by atoms with Gasteiger partial charge in [0.1, 0.15) is 6.04 Å². The number of carbonyl (C=O) groups excluding carboxylic acids is 2. The molecule has 1 atom stereocenters. The van der Waals surface area contributed by atoms with E-state index in [1.54, 1.807) is 17.9 Å². The largest absolute Gasteiger partial charge is 0.324 e. The first-order valence-electron chi connectivity index (χ1n) is 6.40. The second kappa shape index (κ2) is 5.09. The zero-order valence-electron chi connectivity index (χ0n) is 11.0. The fourth-order valence-electron chi connectivity index (χ4n) is 2.27. The third-order valence-corrected chi connectivity index (χ3v) is 4.31. The Bertz CT molecular complexity index is 652. The Balaban J connectivity index is 1.98. The summed E-state index contributed by atoms with van der Waals surface area (Å²) in [6.07, 6.45) is 0. The average molecular weight is 286 g/mol. The molecule has 0 aliphatic carbocycles. The standard InChI is InChI=1S/C15H14N2O2S/c1-10-14(18)16-12-6-3-2-5-11(12)9-17(10)15(19)13-7-4-8-20-13/h2-8,10H,9H2,1H3,(H,16,18). The normalized spacial score (nSPS) is 18.1. The number of nitrogens with zero attached hydrogens (tertiary/aromatic N) is 1. The van der Waals surface area contributed by atoms with E-state index >= 15 is 0 Å². The molecule has 0 spiro atoms. The highest BCUT2D eigenvalue weighted by molar-refractivity contribution is 7.12. The third kappa shape index (κ3) is 2.20. The third-order valence-electron chi connectivity index (χ3n) is 3.46. The SMILES string of the molecule is CC1C(=O)Nc2ccccc2CN1C(=O)c1cccs1. The van der Waals surface area contributed by atoms with E-state index in [1.165, 1.54) is 11.3 Å². The van der Waals surface area contributed by atoms with Gasteiger partial charge in [0.05, 0.1) is 4.88 Å².